The van der Waals surface area contributed by atoms with Gasteiger partial charge in [-0.15, -0.1) is 0 Å². The second-order valence-corrected chi connectivity index (χ2v) is 6.40. The molecule has 0 amide bonds. The number of benzene rings is 1. The van der Waals surface area contributed by atoms with Crippen LogP contribution in [-0.2, 0) is 6.61 Å². The fourth-order valence-corrected chi connectivity index (χ4v) is 2.60. The van der Waals surface area contributed by atoms with Crippen molar-refractivity contribution >= 4 is 11.8 Å². The highest BCUT2D eigenvalue weighted by molar-refractivity contribution is 7.98. The van der Waals surface area contributed by atoms with E-state index in [1.165, 1.54) is 0 Å². The quantitative estimate of drug-likeness (QED) is 0.809. The lowest BCUT2D eigenvalue weighted by Gasteiger charge is -2.14. The van der Waals surface area contributed by atoms with E-state index in [-0.39, 0.29) is 12.1 Å². The molecule has 22 heavy (non-hydrogen) atoms. The van der Waals surface area contributed by atoms with Crippen LogP contribution in [0.5, 0.6) is 5.75 Å². The molecule has 0 fully saturated rings. The predicted octanol–water partition coefficient (Wildman–Crippen LogP) is 3.19. The van der Waals surface area contributed by atoms with Gasteiger partial charge < -0.3 is 10.5 Å². The minimum absolute atomic E-state index is 0.0900. The zero-order chi connectivity index (χ0) is 15.9. The highest BCUT2D eigenvalue weighted by Crippen LogP contribution is 2.19. The van der Waals surface area contributed by atoms with Gasteiger partial charge in [0.05, 0.1) is 6.04 Å². The summed E-state index contributed by atoms with van der Waals surface area (Å²) in [6.07, 6.45) is 2.98. The molecular formula is C16H24N4OS. The van der Waals surface area contributed by atoms with Crippen LogP contribution in [0.25, 0.3) is 0 Å². The number of ether oxygens (including phenoxy) is 1. The molecule has 0 saturated heterocycles. The maximum atomic E-state index is 6.26. The highest BCUT2D eigenvalue weighted by Gasteiger charge is 2.18. The van der Waals surface area contributed by atoms with Crippen LogP contribution in [0.1, 0.15) is 44.0 Å². The van der Waals surface area contributed by atoms with E-state index in [1.54, 1.807) is 11.8 Å². The molecule has 0 radical (unpaired) electrons. The Bertz CT molecular complexity index is 571. The molecule has 2 rings (SSSR count). The number of hydrogen-bond acceptors (Lipinski definition) is 5. The molecule has 0 aliphatic heterocycles. The molecule has 1 atom stereocenters. The minimum atomic E-state index is -0.0900. The first-order valence-electron chi connectivity index (χ1n) is 7.49. The molecule has 1 aromatic carbocycles. The van der Waals surface area contributed by atoms with Gasteiger partial charge in [0.2, 0.25) is 0 Å². The summed E-state index contributed by atoms with van der Waals surface area (Å²) in [5.74, 6) is 3.35. The van der Waals surface area contributed by atoms with Crippen LogP contribution in [0.2, 0.25) is 0 Å². The lowest BCUT2D eigenvalue weighted by atomic mass is 10.2. The van der Waals surface area contributed by atoms with Gasteiger partial charge in [-0.25, -0.2) is 9.67 Å². The number of rotatable bonds is 8. The topological polar surface area (TPSA) is 66.0 Å². The van der Waals surface area contributed by atoms with Gasteiger partial charge in [-0.1, -0.05) is 18.2 Å². The third kappa shape index (κ3) is 4.48. The number of nitrogens with two attached hydrogens (primary N) is 1. The zero-order valence-electron chi connectivity index (χ0n) is 13.4. The summed E-state index contributed by atoms with van der Waals surface area (Å²) < 4.78 is 7.63. The maximum absolute atomic E-state index is 6.26. The average Bonchev–Trinajstić information content (AvgIpc) is 2.96. The van der Waals surface area contributed by atoms with Crippen molar-refractivity contribution in [3.8, 4) is 5.75 Å². The monoisotopic (exact) mass is 320 g/mol. The molecule has 5 nitrogen and oxygen atoms in total. The normalized spacial score (nSPS) is 12.6. The van der Waals surface area contributed by atoms with E-state index < -0.39 is 0 Å². The summed E-state index contributed by atoms with van der Waals surface area (Å²) in [5, 5.41) is 4.55. The molecule has 2 N–H and O–H groups in total. The third-order valence-corrected chi connectivity index (χ3v) is 3.91. The van der Waals surface area contributed by atoms with Gasteiger partial charge in [-0.05, 0) is 44.4 Å². The largest absolute Gasteiger partial charge is 0.486 e. The highest BCUT2D eigenvalue weighted by atomic mass is 32.2. The van der Waals surface area contributed by atoms with Gasteiger partial charge in [0.1, 0.15) is 18.2 Å². The summed E-state index contributed by atoms with van der Waals surface area (Å²) in [5.41, 5.74) is 6.26. The molecular weight excluding hydrogens is 296 g/mol. The molecule has 0 spiro atoms. The molecule has 6 heteroatoms. The number of hydrogen-bond donors (Lipinski definition) is 1. The lowest BCUT2D eigenvalue weighted by molar-refractivity contribution is 0.294. The Morgan fingerprint density at radius 2 is 2.00 bits per heavy atom. The number of thioether (sulfide) groups is 1. The second-order valence-electron chi connectivity index (χ2n) is 5.41. The summed E-state index contributed by atoms with van der Waals surface area (Å²) in [7, 11) is 0. The van der Waals surface area contributed by atoms with Gasteiger partial charge >= 0.3 is 0 Å². The Kier molecular flexibility index (Phi) is 6.27. The SMILES string of the molecule is CSCC[C@H](N)c1nc(COc2ccccc2)nn1C(C)C. The van der Waals surface area contributed by atoms with E-state index >= 15 is 0 Å². The molecule has 1 heterocycles. The van der Waals surface area contributed by atoms with Crippen LogP contribution in [0, 0.1) is 0 Å². The van der Waals surface area contributed by atoms with Gasteiger partial charge in [0, 0.05) is 6.04 Å². The molecule has 0 bridgehead atoms. The summed E-state index contributed by atoms with van der Waals surface area (Å²) in [6, 6.07) is 9.83. The third-order valence-electron chi connectivity index (χ3n) is 3.27. The Labute approximate surface area is 136 Å². The zero-order valence-corrected chi connectivity index (χ0v) is 14.2. The Hall–Kier alpha value is -1.53. The Morgan fingerprint density at radius 3 is 2.64 bits per heavy atom. The van der Waals surface area contributed by atoms with E-state index in [9.17, 15) is 0 Å². The van der Waals surface area contributed by atoms with E-state index in [4.69, 9.17) is 10.5 Å². The van der Waals surface area contributed by atoms with Gasteiger partial charge in [0.15, 0.2) is 5.82 Å². The van der Waals surface area contributed by atoms with Gasteiger partial charge in [-0.2, -0.15) is 16.9 Å². The van der Waals surface area contributed by atoms with E-state index in [2.05, 4.69) is 30.2 Å². The number of nitrogens with zero attached hydrogens (tertiary/aromatic N) is 3. The first-order chi connectivity index (χ1) is 10.6. The molecule has 0 unspecified atom stereocenters. The molecule has 0 aliphatic rings. The first kappa shape index (κ1) is 16.8. The van der Waals surface area contributed by atoms with Crippen molar-refractivity contribution in [2.45, 2.75) is 39.0 Å². The van der Waals surface area contributed by atoms with Crippen LogP contribution >= 0.6 is 11.8 Å². The van der Waals surface area contributed by atoms with Crippen LogP contribution in [0.4, 0.5) is 0 Å². The van der Waals surface area contributed by atoms with Crippen molar-refractivity contribution in [3.63, 3.8) is 0 Å². The molecule has 0 aliphatic carbocycles. The number of aromatic nitrogens is 3. The first-order valence-corrected chi connectivity index (χ1v) is 8.89. The molecule has 120 valence electrons. The molecule has 0 saturated carbocycles. The number of para-hydroxylation sites is 1. The lowest BCUT2D eigenvalue weighted by Crippen LogP contribution is -2.19. The van der Waals surface area contributed by atoms with Crippen molar-refractivity contribution in [1.29, 1.82) is 0 Å². The average molecular weight is 320 g/mol. The Balaban J connectivity index is 2.09. The van der Waals surface area contributed by atoms with Crippen molar-refractivity contribution in [3.05, 3.63) is 42.0 Å². The summed E-state index contributed by atoms with van der Waals surface area (Å²) >= 11 is 1.79. The van der Waals surface area contributed by atoms with E-state index in [0.29, 0.717) is 12.4 Å². The van der Waals surface area contributed by atoms with Crippen LogP contribution in [0.15, 0.2) is 30.3 Å². The second kappa shape index (κ2) is 8.19. The van der Waals surface area contributed by atoms with Crippen LogP contribution in [-0.4, -0.2) is 26.8 Å². The fourth-order valence-electron chi connectivity index (χ4n) is 2.11. The van der Waals surface area contributed by atoms with Gasteiger partial charge in [-0.3, -0.25) is 0 Å². The maximum Gasteiger partial charge on any atom is 0.188 e. The van der Waals surface area contributed by atoms with Crippen molar-refractivity contribution < 1.29 is 4.74 Å². The van der Waals surface area contributed by atoms with Crippen molar-refractivity contribution in [2.75, 3.05) is 12.0 Å². The Morgan fingerprint density at radius 1 is 1.27 bits per heavy atom. The van der Waals surface area contributed by atoms with E-state index in [1.807, 2.05) is 35.0 Å². The fraction of sp³-hybridized carbons (Fsp3) is 0.500. The standard InChI is InChI=1S/C16H24N4OS/c1-12(2)20-16(14(17)9-10-22-3)18-15(19-20)11-21-13-7-5-4-6-8-13/h4-8,12,14H,9-11,17H2,1-3H3/t14-/m0/s1. The predicted molar refractivity (Wildman–Crippen MR) is 91.1 cm³/mol. The van der Waals surface area contributed by atoms with Gasteiger partial charge in [0.25, 0.3) is 0 Å². The molecule has 1 aromatic heterocycles. The van der Waals surface area contributed by atoms with Crippen molar-refractivity contribution in [1.82, 2.24) is 14.8 Å². The van der Waals surface area contributed by atoms with Crippen LogP contribution in [0.3, 0.4) is 0 Å². The minimum Gasteiger partial charge on any atom is -0.486 e. The molecule has 2 aromatic rings. The van der Waals surface area contributed by atoms with E-state index in [0.717, 1.165) is 23.7 Å². The van der Waals surface area contributed by atoms with Crippen molar-refractivity contribution in [2.24, 2.45) is 5.73 Å². The van der Waals surface area contributed by atoms with Crippen LogP contribution < -0.4 is 10.5 Å². The summed E-state index contributed by atoms with van der Waals surface area (Å²) in [6.45, 7) is 4.52. The smallest absolute Gasteiger partial charge is 0.188 e. The summed E-state index contributed by atoms with van der Waals surface area (Å²) in [4.78, 5) is 4.59.